The summed E-state index contributed by atoms with van der Waals surface area (Å²) in [7, 11) is 1.42. The van der Waals surface area contributed by atoms with Crippen LogP contribution in [-0.4, -0.2) is 74.9 Å². The minimum atomic E-state index is -4.40. The maximum Gasteiger partial charge on any atom is 0.472 e. The summed E-state index contributed by atoms with van der Waals surface area (Å²) in [4.78, 5) is 35.5. The molecule has 9 nitrogen and oxygen atoms in total. The summed E-state index contributed by atoms with van der Waals surface area (Å²) in [6.07, 6.45) is 73.5. The van der Waals surface area contributed by atoms with E-state index in [1.54, 1.807) is 0 Å². The fourth-order valence-electron chi connectivity index (χ4n) is 6.31. The van der Waals surface area contributed by atoms with E-state index in [0.717, 1.165) is 128 Å². The zero-order valence-corrected chi connectivity index (χ0v) is 45.3. The number of hydrogen-bond acceptors (Lipinski definition) is 7. The van der Waals surface area contributed by atoms with Crippen LogP contribution in [0.5, 0.6) is 0 Å². The largest absolute Gasteiger partial charge is 0.472 e. The molecule has 0 radical (unpaired) electrons. The smallest absolute Gasteiger partial charge is 0.462 e. The molecule has 0 aliphatic rings. The highest BCUT2D eigenvalue weighted by atomic mass is 31.2. The molecule has 2 unspecified atom stereocenters. The molecule has 394 valence electrons. The highest BCUT2D eigenvalue weighted by Gasteiger charge is 2.27. The van der Waals surface area contributed by atoms with Crippen LogP contribution in [0.3, 0.4) is 0 Å². The van der Waals surface area contributed by atoms with Crippen molar-refractivity contribution in [1.82, 2.24) is 0 Å². The van der Waals surface area contributed by atoms with Gasteiger partial charge in [0, 0.05) is 12.8 Å². The lowest BCUT2D eigenvalue weighted by Gasteiger charge is -2.24. The van der Waals surface area contributed by atoms with Crippen LogP contribution in [-0.2, 0) is 32.7 Å². The lowest BCUT2D eigenvalue weighted by Crippen LogP contribution is -2.37. The van der Waals surface area contributed by atoms with E-state index in [4.69, 9.17) is 18.5 Å². The molecule has 0 spiro atoms. The van der Waals surface area contributed by atoms with Gasteiger partial charge in [0.25, 0.3) is 0 Å². The number of carbonyl (C=O) groups excluding carboxylic acids is 2. The topological polar surface area (TPSA) is 108 Å². The molecule has 0 aromatic rings. The van der Waals surface area contributed by atoms with Crippen LogP contribution < -0.4 is 0 Å². The summed E-state index contributed by atoms with van der Waals surface area (Å²) in [6, 6.07) is 0. The van der Waals surface area contributed by atoms with Crippen molar-refractivity contribution in [3.63, 3.8) is 0 Å². The molecule has 0 heterocycles. The Kier molecular flexibility index (Phi) is 46.9. The number of esters is 2. The summed E-state index contributed by atoms with van der Waals surface area (Å²) < 4.78 is 34.4. The van der Waals surface area contributed by atoms with Crippen LogP contribution in [0.2, 0.25) is 0 Å². The second kappa shape index (κ2) is 49.9. The molecule has 0 amide bonds. The molecule has 0 saturated heterocycles. The molecule has 70 heavy (non-hydrogen) atoms. The second-order valence-electron chi connectivity index (χ2n) is 18.1. The van der Waals surface area contributed by atoms with Gasteiger partial charge in [0.2, 0.25) is 0 Å². The summed E-state index contributed by atoms with van der Waals surface area (Å²) in [6.45, 7) is 4.10. The fraction of sp³-hybridized carbons (Fsp3) is 0.567. The van der Waals surface area contributed by atoms with E-state index in [1.165, 1.54) is 0 Å². The molecule has 0 saturated carbocycles. The normalized spacial score (nSPS) is 14.5. The van der Waals surface area contributed by atoms with E-state index in [1.807, 2.05) is 21.1 Å². The number of hydrogen-bond donors (Lipinski definition) is 1. The summed E-state index contributed by atoms with van der Waals surface area (Å²) >= 11 is 0. The molecular formula is C60H97NO8P+. The van der Waals surface area contributed by atoms with E-state index in [0.29, 0.717) is 23.9 Å². The zero-order valence-electron chi connectivity index (χ0n) is 44.4. The van der Waals surface area contributed by atoms with Crippen molar-refractivity contribution in [3.05, 3.63) is 146 Å². The molecule has 0 aliphatic carbocycles. The third kappa shape index (κ3) is 53.2. The number of quaternary nitrogens is 1. The van der Waals surface area contributed by atoms with Crippen molar-refractivity contribution >= 4 is 19.8 Å². The lowest BCUT2D eigenvalue weighted by atomic mass is 10.1. The zero-order chi connectivity index (χ0) is 51.3. The molecule has 0 aliphatic heterocycles. The Labute approximate surface area is 427 Å². The van der Waals surface area contributed by atoms with Gasteiger partial charge in [-0.1, -0.05) is 185 Å². The Morgan fingerprint density at radius 3 is 1.16 bits per heavy atom. The molecule has 2 atom stereocenters. The quantitative estimate of drug-likeness (QED) is 0.0211. The van der Waals surface area contributed by atoms with Crippen LogP contribution in [0.15, 0.2) is 146 Å². The number of phosphoric acid groups is 1. The molecule has 0 aromatic heterocycles. The first-order valence-electron chi connectivity index (χ1n) is 26.6. The predicted octanol–water partition coefficient (Wildman–Crippen LogP) is 16.4. The standard InChI is InChI=1S/C60H96NO8P/c1-6-8-10-12-14-16-18-20-21-22-23-24-25-26-27-28-29-30-31-32-33-34-35-36-37-38-39-41-43-45-47-49-51-53-60(63)69-58(57-68-70(64,65)67-55-54-61(3,4)5)56-66-59(62)52-50-48-46-44-42-40-19-17-15-13-11-9-7-2/h8-11,14-17,20-21,23-24,26-27,29-30,32-33,35-36,38-40,42,58H,6-7,12-13,18-19,22,25,28,31,34,37,41,43-57H2,1-5H3/p+1/b10-8-,11-9-,16-14-,17-15-,21-20-,24-23-,27-26-,30-29-,33-32-,36-35-,39-38-,42-40-. The number of rotatable bonds is 46. The van der Waals surface area contributed by atoms with Gasteiger partial charge in [-0.3, -0.25) is 18.6 Å². The maximum atomic E-state index is 12.8. The number of phosphoric ester groups is 1. The molecule has 0 rings (SSSR count). The third-order valence-corrected chi connectivity index (χ3v) is 11.3. The lowest BCUT2D eigenvalue weighted by molar-refractivity contribution is -0.870. The average Bonchev–Trinajstić information content (AvgIpc) is 3.32. The first-order chi connectivity index (χ1) is 34.0. The number of carbonyl (C=O) groups is 2. The number of allylic oxidation sites excluding steroid dienone is 24. The third-order valence-electron chi connectivity index (χ3n) is 10.4. The van der Waals surface area contributed by atoms with Crippen LogP contribution in [0.25, 0.3) is 0 Å². The number of nitrogens with zero attached hydrogens (tertiary/aromatic N) is 1. The van der Waals surface area contributed by atoms with Crippen molar-refractivity contribution < 1.29 is 42.1 Å². The minimum Gasteiger partial charge on any atom is -0.462 e. The number of ether oxygens (including phenoxy) is 2. The van der Waals surface area contributed by atoms with E-state index in [-0.39, 0.29) is 26.1 Å². The predicted molar refractivity (Wildman–Crippen MR) is 297 cm³/mol. The molecule has 0 aromatic carbocycles. The summed E-state index contributed by atoms with van der Waals surface area (Å²) in [5.41, 5.74) is 0. The number of likely N-dealkylation sites (N-methyl/N-ethyl adjacent to an activating group) is 1. The van der Waals surface area contributed by atoms with E-state index >= 15 is 0 Å². The van der Waals surface area contributed by atoms with Gasteiger partial charge in [-0.15, -0.1) is 0 Å². The molecule has 0 bridgehead atoms. The second-order valence-corrected chi connectivity index (χ2v) is 19.6. The van der Waals surface area contributed by atoms with E-state index in [2.05, 4.69) is 160 Å². The van der Waals surface area contributed by atoms with E-state index in [9.17, 15) is 19.0 Å². The van der Waals surface area contributed by atoms with Crippen molar-refractivity contribution in [1.29, 1.82) is 0 Å². The van der Waals surface area contributed by atoms with Crippen LogP contribution in [0.1, 0.15) is 168 Å². The molecular weight excluding hydrogens is 894 g/mol. The van der Waals surface area contributed by atoms with Crippen molar-refractivity contribution in [2.45, 2.75) is 174 Å². The Bertz CT molecular complexity index is 1690. The van der Waals surface area contributed by atoms with Gasteiger partial charge >= 0.3 is 19.8 Å². The fourth-order valence-corrected chi connectivity index (χ4v) is 7.05. The first kappa shape index (κ1) is 65.9. The number of unbranched alkanes of at least 4 members (excludes halogenated alkanes) is 8. The minimum absolute atomic E-state index is 0.0138. The van der Waals surface area contributed by atoms with Gasteiger partial charge in [-0.05, 0) is 116 Å². The Balaban J connectivity index is 4.28. The van der Waals surface area contributed by atoms with Gasteiger partial charge in [0.15, 0.2) is 6.10 Å². The van der Waals surface area contributed by atoms with Crippen LogP contribution >= 0.6 is 7.82 Å². The molecule has 1 N–H and O–H groups in total. The SMILES string of the molecule is CC/C=C\C/C=C\C/C=C\C/C=C\C/C=C\C/C=C\C/C=C\C/C=C\C/C=C\CCCCCCCC(=O)OC(COC(=O)CCCCC/C=C\C/C=C\C/C=C\CC)COP(=O)(O)OCC[N+](C)(C)C. The Morgan fingerprint density at radius 1 is 0.443 bits per heavy atom. The monoisotopic (exact) mass is 991 g/mol. The van der Waals surface area contributed by atoms with Crippen LogP contribution in [0, 0.1) is 0 Å². The van der Waals surface area contributed by atoms with Crippen molar-refractivity contribution in [2.75, 3.05) is 47.5 Å². The Hall–Kier alpha value is -4.11. The van der Waals surface area contributed by atoms with E-state index < -0.39 is 32.5 Å². The highest BCUT2D eigenvalue weighted by Crippen LogP contribution is 2.43. The van der Waals surface area contributed by atoms with Gasteiger partial charge in [-0.25, -0.2) is 4.57 Å². The van der Waals surface area contributed by atoms with Gasteiger partial charge < -0.3 is 18.9 Å². The Morgan fingerprint density at radius 2 is 0.771 bits per heavy atom. The average molecular weight is 991 g/mol. The van der Waals surface area contributed by atoms with Gasteiger partial charge in [-0.2, -0.15) is 0 Å². The van der Waals surface area contributed by atoms with Gasteiger partial charge in [0.05, 0.1) is 27.7 Å². The van der Waals surface area contributed by atoms with Crippen LogP contribution in [0.4, 0.5) is 0 Å². The van der Waals surface area contributed by atoms with Gasteiger partial charge in [0.1, 0.15) is 19.8 Å². The highest BCUT2D eigenvalue weighted by molar-refractivity contribution is 7.47. The maximum absolute atomic E-state index is 12.8. The summed E-state index contributed by atoms with van der Waals surface area (Å²) in [5, 5.41) is 0. The molecule has 10 heteroatoms. The summed E-state index contributed by atoms with van der Waals surface area (Å²) in [5.74, 6) is -0.871. The first-order valence-corrected chi connectivity index (χ1v) is 28.1. The molecule has 0 fully saturated rings. The van der Waals surface area contributed by atoms with Crippen molar-refractivity contribution in [3.8, 4) is 0 Å². The van der Waals surface area contributed by atoms with Crippen molar-refractivity contribution in [2.24, 2.45) is 0 Å².